The Bertz CT molecular complexity index is 1170. The van der Waals surface area contributed by atoms with Gasteiger partial charge in [-0.2, -0.15) is 5.10 Å². The van der Waals surface area contributed by atoms with E-state index in [1.807, 2.05) is 22.9 Å². The van der Waals surface area contributed by atoms with E-state index in [1.165, 1.54) is 12.4 Å². The van der Waals surface area contributed by atoms with Gasteiger partial charge in [-0.15, -0.1) is 10.2 Å². The molecule has 2 heterocycles. The zero-order chi connectivity index (χ0) is 24.1. The van der Waals surface area contributed by atoms with Gasteiger partial charge in [-0.3, -0.25) is 14.3 Å². The van der Waals surface area contributed by atoms with Crippen LogP contribution in [0.4, 0.5) is 17.2 Å². The smallest absolute Gasteiger partial charge is 0.222 e. The number of methoxy groups -OCH3 is 1. The molecule has 0 unspecified atom stereocenters. The van der Waals surface area contributed by atoms with Crippen molar-refractivity contribution >= 4 is 42.2 Å². The Balaban J connectivity index is 2.09. The number of nitrogens with one attached hydrogen (secondary N) is 2. The minimum Gasteiger partial charge on any atom is -0.494 e. The molecule has 0 saturated carbocycles. The Morgan fingerprint density at radius 2 is 1.88 bits per heavy atom. The van der Waals surface area contributed by atoms with Crippen molar-refractivity contribution in [3.05, 3.63) is 36.0 Å². The van der Waals surface area contributed by atoms with E-state index in [4.69, 9.17) is 9.84 Å². The lowest BCUT2D eigenvalue weighted by molar-refractivity contribution is -0.114. The number of amides is 1. The van der Waals surface area contributed by atoms with Gasteiger partial charge in [0.15, 0.2) is 23.0 Å². The lowest BCUT2D eigenvalue weighted by Gasteiger charge is -2.16. The quantitative estimate of drug-likeness (QED) is 0.360. The first-order valence-corrected chi connectivity index (χ1v) is 12.9. The summed E-state index contributed by atoms with van der Waals surface area (Å²) in [4.78, 5) is 23.9. The van der Waals surface area contributed by atoms with Crippen molar-refractivity contribution in [1.29, 1.82) is 0 Å². The number of para-hydroxylation sites is 1. The second-order valence-electron chi connectivity index (χ2n) is 7.56. The summed E-state index contributed by atoms with van der Waals surface area (Å²) in [6.07, 6.45) is 0.272. The lowest BCUT2D eigenvalue weighted by Crippen LogP contribution is -2.14. The van der Waals surface area contributed by atoms with Gasteiger partial charge in [0, 0.05) is 31.5 Å². The molecule has 10 heteroatoms. The third-order valence-electron chi connectivity index (χ3n) is 4.96. The molecule has 0 aliphatic carbocycles. The normalized spacial score (nSPS) is 10.9. The molecule has 0 aliphatic heterocycles. The number of Topliss-reactive ketones (excluding diaryl/α,β-unsaturated/α-hetero) is 1. The van der Waals surface area contributed by atoms with Crippen LogP contribution in [0.5, 0.6) is 5.75 Å². The van der Waals surface area contributed by atoms with Gasteiger partial charge in [0.1, 0.15) is 0 Å². The molecular formula is C23H29N6O3P. The zero-order valence-electron chi connectivity index (χ0n) is 19.8. The molecule has 2 N–H and O–H groups in total. The number of benzene rings is 1. The highest BCUT2D eigenvalue weighted by atomic mass is 31.1. The molecule has 1 amide bonds. The number of aromatic nitrogens is 4. The molecule has 0 bridgehead atoms. The third-order valence-corrected chi connectivity index (χ3v) is 6.24. The Labute approximate surface area is 194 Å². The monoisotopic (exact) mass is 468 g/mol. The van der Waals surface area contributed by atoms with E-state index < -0.39 is 0 Å². The minimum atomic E-state index is -0.321. The van der Waals surface area contributed by atoms with Gasteiger partial charge in [-0.25, -0.2) is 0 Å². The largest absolute Gasteiger partial charge is 0.494 e. The summed E-state index contributed by atoms with van der Waals surface area (Å²) < 4.78 is 7.79. The highest BCUT2D eigenvalue weighted by molar-refractivity contribution is 7.63. The Morgan fingerprint density at radius 3 is 2.45 bits per heavy atom. The highest BCUT2D eigenvalue weighted by Crippen LogP contribution is 2.38. The van der Waals surface area contributed by atoms with E-state index in [9.17, 15) is 9.59 Å². The predicted octanol–water partition coefficient (Wildman–Crippen LogP) is 4.03. The number of hydrogen-bond donors (Lipinski definition) is 2. The van der Waals surface area contributed by atoms with Gasteiger partial charge in [0.2, 0.25) is 5.91 Å². The van der Waals surface area contributed by atoms with Crippen LogP contribution in [-0.4, -0.2) is 52.1 Å². The third kappa shape index (κ3) is 5.37. The fourth-order valence-corrected chi connectivity index (χ4v) is 4.46. The van der Waals surface area contributed by atoms with Crippen LogP contribution in [0.2, 0.25) is 0 Å². The van der Waals surface area contributed by atoms with E-state index in [0.717, 1.165) is 17.8 Å². The van der Waals surface area contributed by atoms with Gasteiger partial charge in [-0.05, 0) is 38.5 Å². The topological polar surface area (TPSA) is 111 Å². The lowest BCUT2D eigenvalue weighted by atomic mass is 10.1. The van der Waals surface area contributed by atoms with Crippen LogP contribution in [0, 0.1) is 0 Å². The van der Waals surface area contributed by atoms with Crippen molar-refractivity contribution < 1.29 is 14.3 Å². The molecule has 0 atom stereocenters. The maximum Gasteiger partial charge on any atom is 0.222 e. The molecule has 3 aromatic rings. The summed E-state index contributed by atoms with van der Waals surface area (Å²) in [5, 5.41) is 18.6. The number of hydrogen-bond acceptors (Lipinski definition) is 7. The number of rotatable bonds is 9. The summed E-state index contributed by atoms with van der Waals surface area (Å²) in [6.45, 7) is 10.4. The molecule has 0 radical (unpaired) electrons. The van der Waals surface area contributed by atoms with Gasteiger partial charge in [0.05, 0.1) is 29.6 Å². The molecule has 33 heavy (non-hydrogen) atoms. The van der Waals surface area contributed by atoms with Crippen molar-refractivity contribution in [3.8, 4) is 17.0 Å². The number of carbonyl (C=O) groups is 2. The van der Waals surface area contributed by atoms with Gasteiger partial charge in [0.25, 0.3) is 0 Å². The van der Waals surface area contributed by atoms with E-state index in [-0.39, 0.29) is 37.5 Å². The van der Waals surface area contributed by atoms with E-state index in [2.05, 4.69) is 47.2 Å². The molecule has 0 saturated heterocycles. The second-order valence-corrected chi connectivity index (χ2v) is 9.81. The van der Waals surface area contributed by atoms with Crippen LogP contribution in [-0.2, 0) is 11.3 Å². The van der Waals surface area contributed by atoms with E-state index in [1.54, 1.807) is 20.1 Å². The van der Waals surface area contributed by atoms with Crippen LogP contribution in [0.3, 0.4) is 0 Å². The number of anilines is 3. The van der Waals surface area contributed by atoms with Crippen LogP contribution in [0.15, 0.2) is 30.3 Å². The van der Waals surface area contributed by atoms with E-state index >= 15 is 0 Å². The average Bonchev–Trinajstić information content (AvgIpc) is 3.23. The molecule has 174 valence electrons. The zero-order valence-corrected chi connectivity index (χ0v) is 20.7. The Hall–Kier alpha value is -3.32. The molecule has 9 nitrogen and oxygen atoms in total. The van der Waals surface area contributed by atoms with Crippen LogP contribution in [0.25, 0.3) is 11.3 Å². The number of ketones is 1. The number of ether oxygens (including phenoxy) is 1. The van der Waals surface area contributed by atoms with Crippen LogP contribution in [0.1, 0.15) is 37.7 Å². The van der Waals surface area contributed by atoms with Crippen molar-refractivity contribution in [2.24, 2.45) is 0 Å². The van der Waals surface area contributed by atoms with Crippen molar-refractivity contribution in [1.82, 2.24) is 20.0 Å². The predicted molar refractivity (Wildman–Crippen MR) is 133 cm³/mol. The highest BCUT2D eigenvalue weighted by Gasteiger charge is 2.20. The van der Waals surface area contributed by atoms with Crippen molar-refractivity contribution in [3.63, 3.8) is 0 Å². The molecular weight excluding hydrogens is 439 g/mol. The number of carbonyl (C=O) groups excluding carboxylic acids is 2. The maximum absolute atomic E-state index is 12.5. The first-order chi connectivity index (χ1) is 15.8. The summed E-state index contributed by atoms with van der Waals surface area (Å²) in [6, 6.07) is 9.40. The van der Waals surface area contributed by atoms with Crippen molar-refractivity contribution in [2.45, 2.75) is 33.7 Å². The SMILES string of the molecule is CCC(=O)c1nnc(NC(C)=O)cc1Nc1cccc(-c2cc(P(C)C)n(CC)n2)c1OC. The molecule has 0 spiro atoms. The summed E-state index contributed by atoms with van der Waals surface area (Å²) in [5.41, 5.74) is 4.13. The van der Waals surface area contributed by atoms with Gasteiger partial charge < -0.3 is 15.4 Å². The minimum absolute atomic E-state index is 0.167. The second kappa shape index (κ2) is 10.5. The van der Waals surface area contributed by atoms with Crippen molar-refractivity contribution in [2.75, 3.05) is 31.1 Å². The number of aryl methyl sites for hydroxylation is 1. The molecule has 2 aromatic heterocycles. The summed E-state index contributed by atoms with van der Waals surface area (Å²) in [7, 11) is 1.28. The van der Waals surface area contributed by atoms with Gasteiger partial charge >= 0.3 is 0 Å². The summed E-state index contributed by atoms with van der Waals surface area (Å²) >= 11 is 0. The van der Waals surface area contributed by atoms with E-state index in [0.29, 0.717) is 17.1 Å². The Kier molecular flexibility index (Phi) is 7.76. The fourth-order valence-electron chi connectivity index (χ4n) is 3.44. The molecule has 3 rings (SSSR count). The van der Waals surface area contributed by atoms with Crippen LogP contribution >= 0.6 is 7.92 Å². The number of nitrogens with zero attached hydrogens (tertiary/aromatic N) is 4. The maximum atomic E-state index is 12.5. The molecule has 0 aliphatic rings. The van der Waals surface area contributed by atoms with Crippen LogP contribution < -0.4 is 20.8 Å². The first-order valence-electron chi connectivity index (χ1n) is 10.7. The Morgan fingerprint density at radius 1 is 1.12 bits per heavy atom. The standard InChI is InChI=1S/C23H29N6O3P/c1-7-19(31)22-18(12-20(26-27-22)24-14(3)30)25-16-11-9-10-15(23(16)32-4)17-13-21(33(5)6)29(8-2)28-17/h9-13H,7-8H2,1-6H3,(H2,24,25,26,30). The summed E-state index contributed by atoms with van der Waals surface area (Å²) in [5.74, 6) is 0.395. The molecule has 1 aromatic carbocycles. The fraction of sp³-hybridized carbons (Fsp3) is 0.348. The first kappa shape index (κ1) is 24.3. The van der Waals surface area contributed by atoms with Gasteiger partial charge in [-0.1, -0.05) is 20.9 Å². The molecule has 0 fully saturated rings. The average molecular weight is 468 g/mol.